The number of hydrogen-bond acceptors (Lipinski definition) is 4. The number of aryl methyl sites for hydroxylation is 1. The van der Waals surface area contributed by atoms with Gasteiger partial charge in [0, 0.05) is 32.0 Å². The molecule has 8 heteroatoms. The molecule has 0 atom stereocenters. The number of rotatable bonds is 10. The third kappa shape index (κ3) is 12.1. The fraction of sp³-hybridized carbons (Fsp3) is 0.632. The fourth-order valence-corrected chi connectivity index (χ4v) is 2.84. The maximum absolute atomic E-state index is 11.2. The van der Waals surface area contributed by atoms with Crippen LogP contribution >= 0.6 is 24.0 Å². The van der Waals surface area contributed by atoms with E-state index >= 15 is 0 Å². The van der Waals surface area contributed by atoms with Gasteiger partial charge in [-0.25, -0.2) is 8.42 Å². The van der Waals surface area contributed by atoms with Crippen molar-refractivity contribution in [2.24, 2.45) is 10.9 Å². The lowest BCUT2D eigenvalue weighted by Gasteiger charge is -2.15. The van der Waals surface area contributed by atoms with E-state index in [1.165, 1.54) is 6.26 Å². The largest absolute Gasteiger partial charge is 0.493 e. The summed E-state index contributed by atoms with van der Waals surface area (Å²) in [6.07, 6.45) is 3.41. The van der Waals surface area contributed by atoms with E-state index in [4.69, 9.17) is 4.74 Å². The third-order valence-electron chi connectivity index (χ3n) is 3.84. The summed E-state index contributed by atoms with van der Waals surface area (Å²) in [5.41, 5.74) is 2.20. The molecule has 0 bridgehead atoms. The standard InChI is InChI=1S/C19H33N3O3S.HI/c1-15(2)7-6-11-25-18-13-16(3)8-9-17(18)14-22-19(20-4)21-10-12-26(5,23)24;/h8-9,13,15H,6-7,10-12,14H2,1-5H3,(H2,20,21,22);1H. The van der Waals surface area contributed by atoms with E-state index in [1.54, 1.807) is 7.05 Å². The van der Waals surface area contributed by atoms with Gasteiger partial charge in [0.2, 0.25) is 0 Å². The molecule has 0 aliphatic rings. The first-order chi connectivity index (χ1) is 12.2. The van der Waals surface area contributed by atoms with Gasteiger partial charge < -0.3 is 15.4 Å². The molecule has 1 aromatic rings. The Labute approximate surface area is 181 Å². The van der Waals surface area contributed by atoms with Crippen molar-refractivity contribution in [3.05, 3.63) is 29.3 Å². The Kier molecular flexibility index (Phi) is 12.7. The van der Waals surface area contributed by atoms with Crippen molar-refractivity contribution < 1.29 is 13.2 Å². The van der Waals surface area contributed by atoms with Gasteiger partial charge in [0.05, 0.1) is 12.4 Å². The molecule has 0 amide bonds. The summed E-state index contributed by atoms with van der Waals surface area (Å²) in [6, 6.07) is 6.15. The van der Waals surface area contributed by atoms with E-state index in [9.17, 15) is 8.42 Å². The molecule has 27 heavy (non-hydrogen) atoms. The molecule has 6 nitrogen and oxygen atoms in total. The molecule has 1 rings (SSSR count). The molecule has 0 heterocycles. The Hall–Kier alpha value is -1.03. The highest BCUT2D eigenvalue weighted by Gasteiger charge is 2.07. The molecule has 2 N–H and O–H groups in total. The molecule has 0 saturated carbocycles. The van der Waals surface area contributed by atoms with Gasteiger partial charge in [-0.3, -0.25) is 4.99 Å². The first-order valence-electron chi connectivity index (χ1n) is 9.06. The summed E-state index contributed by atoms with van der Waals surface area (Å²) >= 11 is 0. The van der Waals surface area contributed by atoms with Gasteiger partial charge in [-0.05, 0) is 37.3 Å². The molecule has 0 fully saturated rings. The van der Waals surface area contributed by atoms with Crippen LogP contribution in [0.15, 0.2) is 23.2 Å². The van der Waals surface area contributed by atoms with E-state index in [0.717, 1.165) is 29.7 Å². The van der Waals surface area contributed by atoms with E-state index in [-0.39, 0.29) is 29.7 Å². The number of halogens is 1. The van der Waals surface area contributed by atoms with Crippen LogP contribution < -0.4 is 15.4 Å². The Morgan fingerprint density at radius 3 is 2.56 bits per heavy atom. The van der Waals surface area contributed by atoms with E-state index in [1.807, 2.05) is 19.1 Å². The van der Waals surface area contributed by atoms with Crippen LogP contribution in [0.2, 0.25) is 0 Å². The predicted molar refractivity (Wildman–Crippen MR) is 124 cm³/mol. The summed E-state index contributed by atoms with van der Waals surface area (Å²) in [5.74, 6) is 2.20. The van der Waals surface area contributed by atoms with Crippen LogP contribution in [0.5, 0.6) is 5.75 Å². The Morgan fingerprint density at radius 2 is 1.96 bits per heavy atom. The van der Waals surface area contributed by atoms with Crippen LogP contribution in [-0.2, 0) is 16.4 Å². The minimum absolute atomic E-state index is 0. The number of ether oxygens (including phenoxy) is 1. The minimum atomic E-state index is -2.99. The Bertz CT molecular complexity index is 691. The van der Waals surface area contributed by atoms with Crippen molar-refractivity contribution in [1.82, 2.24) is 10.6 Å². The Morgan fingerprint density at radius 1 is 1.26 bits per heavy atom. The molecule has 0 aromatic heterocycles. The van der Waals surface area contributed by atoms with Gasteiger partial charge >= 0.3 is 0 Å². The first kappa shape index (κ1) is 26.0. The zero-order valence-electron chi connectivity index (χ0n) is 17.0. The second-order valence-corrected chi connectivity index (χ2v) is 9.24. The van der Waals surface area contributed by atoms with Crippen molar-refractivity contribution in [2.75, 3.05) is 32.2 Å². The SMILES string of the molecule is CN=C(NCCS(C)(=O)=O)NCc1ccc(C)cc1OCCCC(C)C.I. The van der Waals surface area contributed by atoms with Crippen LogP contribution in [0, 0.1) is 12.8 Å². The Balaban J connectivity index is 0.00000676. The molecule has 0 saturated heterocycles. The van der Waals surface area contributed by atoms with Crippen LogP contribution in [0.3, 0.4) is 0 Å². The van der Waals surface area contributed by atoms with Crippen LogP contribution in [0.4, 0.5) is 0 Å². The van der Waals surface area contributed by atoms with E-state index in [2.05, 4.69) is 35.5 Å². The molecule has 0 aliphatic carbocycles. The topological polar surface area (TPSA) is 79.8 Å². The molecular weight excluding hydrogens is 477 g/mol. The van der Waals surface area contributed by atoms with Gasteiger partial charge in [0.1, 0.15) is 15.6 Å². The molecule has 0 aliphatic heterocycles. The summed E-state index contributed by atoms with van der Waals surface area (Å²) in [7, 11) is -1.33. The highest BCUT2D eigenvalue weighted by Crippen LogP contribution is 2.21. The van der Waals surface area contributed by atoms with Gasteiger partial charge in [-0.1, -0.05) is 26.0 Å². The maximum Gasteiger partial charge on any atom is 0.191 e. The smallest absolute Gasteiger partial charge is 0.191 e. The third-order valence-corrected chi connectivity index (χ3v) is 4.79. The molecule has 0 spiro atoms. The summed E-state index contributed by atoms with van der Waals surface area (Å²) < 4.78 is 28.4. The second-order valence-electron chi connectivity index (χ2n) is 6.98. The zero-order chi connectivity index (χ0) is 19.6. The molecule has 0 unspecified atom stereocenters. The number of nitrogens with one attached hydrogen (secondary N) is 2. The van der Waals surface area contributed by atoms with Gasteiger partial charge in [0.25, 0.3) is 0 Å². The van der Waals surface area contributed by atoms with Gasteiger partial charge in [-0.2, -0.15) is 0 Å². The lowest BCUT2D eigenvalue weighted by molar-refractivity contribution is 0.294. The lowest BCUT2D eigenvalue weighted by Crippen LogP contribution is -2.39. The molecule has 1 aromatic carbocycles. The average molecular weight is 511 g/mol. The number of benzene rings is 1. The lowest BCUT2D eigenvalue weighted by atomic mass is 10.1. The second kappa shape index (κ2) is 13.2. The number of aliphatic imine (C=N–C) groups is 1. The van der Waals surface area contributed by atoms with Crippen molar-refractivity contribution in [1.29, 1.82) is 0 Å². The number of sulfone groups is 1. The fourth-order valence-electron chi connectivity index (χ4n) is 2.37. The quantitative estimate of drug-likeness (QED) is 0.219. The monoisotopic (exact) mass is 511 g/mol. The van der Waals surface area contributed by atoms with Crippen LogP contribution in [-0.4, -0.2) is 46.6 Å². The maximum atomic E-state index is 11.2. The molecule has 156 valence electrons. The number of guanidine groups is 1. The first-order valence-corrected chi connectivity index (χ1v) is 11.1. The van der Waals surface area contributed by atoms with E-state index < -0.39 is 9.84 Å². The summed E-state index contributed by atoms with van der Waals surface area (Å²) in [6.45, 7) is 8.05. The minimum Gasteiger partial charge on any atom is -0.493 e. The van der Waals surface area contributed by atoms with Gasteiger partial charge in [-0.15, -0.1) is 24.0 Å². The summed E-state index contributed by atoms with van der Waals surface area (Å²) in [5, 5.41) is 6.22. The zero-order valence-corrected chi connectivity index (χ0v) is 20.2. The highest BCUT2D eigenvalue weighted by atomic mass is 127. The summed E-state index contributed by atoms with van der Waals surface area (Å²) in [4.78, 5) is 4.12. The van der Waals surface area contributed by atoms with Crippen molar-refractivity contribution in [3.8, 4) is 5.75 Å². The predicted octanol–water partition coefficient (Wildman–Crippen LogP) is 3.14. The molecule has 0 radical (unpaired) electrons. The normalized spacial score (nSPS) is 11.9. The number of hydrogen-bond donors (Lipinski definition) is 2. The average Bonchev–Trinajstić information content (AvgIpc) is 2.54. The van der Waals surface area contributed by atoms with Crippen molar-refractivity contribution in [3.63, 3.8) is 0 Å². The molecular formula is C19H34IN3O3S. The van der Waals surface area contributed by atoms with Crippen LogP contribution in [0.1, 0.15) is 37.8 Å². The highest BCUT2D eigenvalue weighted by molar-refractivity contribution is 14.0. The van der Waals surface area contributed by atoms with Gasteiger partial charge in [0.15, 0.2) is 5.96 Å². The van der Waals surface area contributed by atoms with Crippen molar-refractivity contribution in [2.45, 2.75) is 40.2 Å². The van der Waals surface area contributed by atoms with Crippen LogP contribution in [0.25, 0.3) is 0 Å². The number of nitrogens with zero attached hydrogens (tertiary/aromatic N) is 1. The van der Waals surface area contributed by atoms with Crippen molar-refractivity contribution >= 4 is 39.8 Å². The van der Waals surface area contributed by atoms with E-state index in [0.29, 0.717) is 31.6 Å².